The first kappa shape index (κ1) is 13.9. The average Bonchev–Trinajstić information content (AvgIpc) is 2.32. The van der Waals surface area contributed by atoms with E-state index in [4.69, 9.17) is 0 Å². The summed E-state index contributed by atoms with van der Waals surface area (Å²) in [6.45, 7) is 0. The van der Waals surface area contributed by atoms with Crippen LogP contribution in [0.1, 0.15) is 31.2 Å². The third kappa shape index (κ3) is 3.47. The number of alkyl halides is 3. The molecule has 0 bridgehead atoms. The molecule has 1 saturated carbocycles. The maximum Gasteiger partial charge on any atom is 0.573 e. The number of Topliss-reactive ketones (excluding diaryl/α,β-unsaturated/α-hetero) is 1. The van der Waals surface area contributed by atoms with Crippen LogP contribution in [-0.2, 0) is 10.4 Å². The summed E-state index contributed by atoms with van der Waals surface area (Å²) in [5, 5.41) is 10.4. The van der Waals surface area contributed by atoms with Crippen molar-refractivity contribution in [2.24, 2.45) is 0 Å². The van der Waals surface area contributed by atoms with Gasteiger partial charge < -0.3 is 9.84 Å². The lowest BCUT2D eigenvalue weighted by Gasteiger charge is -2.32. The molecule has 0 atom stereocenters. The molecule has 0 saturated heterocycles. The van der Waals surface area contributed by atoms with Gasteiger partial charge in [0.2, 0.25) is 0 Å². The molecule has 0 unspecified atom stereocenters. The number of ketones is 1. The van der Waals surface area contributed by atoms with E-state index in [1.807, 2.05) is 0 Å². The van der Waals surface area contributed by atoms with E-state index in [1.165, 1.54) is 12.1 Å². The first-order valence-electron chi connectivity index (χ1n) is 5.89. The van der Waals surface area contributed by atoms with Crippen molar-refractivity contribution in [3.8, 4) is 5.75 Å². The van der Waals surface area contributed by atoms with Crippen molar-refractivity contribution in [1.29, 1.82) is 0 Å². The Kier molecular flexibility index (Phi) is 3.54. The highest BCUT2D eigenvalue weighted by Crippen LogP contribution is 2.36. The van der Waals surface area contributed by atoms with E-state index in [-0.39, 0.29) is 24.4 Å². The SMILES string of the molecule is O=C1CCC(O)(c2ccc(OC(F)(F)F)cc2)CC1. The van der Waals surface area contributed by atoms with Gasteiger partial charge in [-0.1, -0.05) is 12.1 Å². The number of rotatable bonds is 2. The highest BCUT2D eigenvalue weighted by Gasteiger charge is 2.35. The van der Waals surface area contributed by atoms with Crippen LogP contribution in [-0.4, -0.2) is 17.3 Å². The molecule has 1 fully saturated rings. The maximum atomic E-state index is 12.0. The van der Waals surface area contributed by atoms with Gasteiger partial charge in [0.25, 0.3) is 0 Å². The second-order valence-electron chi connectivity index (χ2n) is 4.64. The standard InChI is InChI=1S/C13H13F3O3/c14-13(15,16)19-11-3-1-9(2-4-11)12(18)7-5-10(17)6-8-12/h1-4,18H,5-8H2. The summed E-state index contributed by atoms with van der Waals surface area (Å²) >= 11 is 0. The monoisotopic (exact) mass is 274 g/mol. The lowest BCUT2D eigenvalue weighted by Crippen LogP contribution is -2.31. The van der Waals surface area contributed by atoms with Crippen molar-refractivity contribution in [3.63, 3.8) is 0 Å². The largest absolute Gasteiger partial charge is 0.573 e. The Morgan fingerprint density at radius 3 is 2.11 bits per heavy atom. The minimum Gasteiger partial charge on any atom is -0.406 e. The Labute approximate surface area is 108 Å². The van der Waals surface area contributed by atoms with Gasteiger partial charge in [-0.3, -0.25) is 4.79 Å². The molecular weight excluding hydrogens is 261 g/mol. The molecule has 0 spiro atoms. The number of aliphatic hydroxyl groups is 1. The van der Waals surface area contributed by atoms with Crippen LogP contribution in [0.25, 0.3) is 0 Å². The zero-order chi connectivity index (χ0) is 14.1. The summed E-state index contributed by atoms with van der Waals surface area (Å²) < 4.78 is 39.8. The van der Waals surface area contributed by atoms with E-state index in [2.05, 4.69) is 4.74 Å². The van der Waals surface area contributed by atoms with Gasteiger partial charge in [-0.05, 0) is 30.5 Å². The number of hydrogen-bond donors (Lipinski definition) is 1. The molecule has 1 aromatic carbocycles. The van der Waals surface area contributed by atoms with Crippen LogP contribution in [0.5, 0.6) is 5.75 Å². The number of carbonyl (C=O) groups is 1. The molecule has 19 heavy (non-hydrogen) atoms. The van der Waals surface area contributed by atoms with Gasteiger partial charge in [-0.15, -0.1) is 13.2 Å². The predicted octanol–water partition coefficient (Wildman–Crippen LogP) is 2.92. The normalized spacial score (nSPS) is 19.3. The quantitative estimate of drug-likeness (QED) is 0.902. The predicted molar refractivity (Wildman–Crippen MR) is 60.5 cm³/mol. The number of hydrogen-bond acceptors (Lipinski definition) is 3. The molecule has 0 aromatic heterocycles. The lowest BCUT2D eigenvalue weighted by atomic mass is 9.79. The van der Waals surface area contributed by atoms with Gasteiger partial charge in [-0.25, -0.2) is 0 Å². The van der Waals surface area contributed by atoms with Crippen LogP contribution in [0.2, 0.25) is 0 Å². The van der Waals surface area contributed by atoms with Gasteiger partial charge in [0.1, 0.15) is 11.5 Å². The Balaban J connectivity index is 2.12. The molecule has 1 aliphatic rings. The van der Waals surface area contributed by atoms with Crippen LogP contribution in [0, 0.1) is 0 Å². The third-order valence-corrected chi connectivity index (χ3v) is 3.26. The van der Waals surface area contributed by atoms with Crippen molar-refractivity contribution in [3.05, 3.63) is 29.8 Å². The first-order chi connectivity index (χ1) is 8.78. The van der Waals surface area contributed by atoms with E-state index in [0.717, 1.165) is 12.1 Å². The smallest absolute Gasteiger partial charge is 0.406 e. The van der Waals surface area contributed by atoms with Gasteiger partial charge in [0.15, 0.2) is 0 Å². The maximum absolute atomic E-state index is 12.0. The van der Waals surface area contributed by atoms with Crippen LogP contribution in [0.4, 0.5) is 13.2 Å². The summed E-state index contributed by atoms with van der Waals surface area (Å²) in [7, 11) is 0. The molecule has 0 radical (unpaired) electrons. The molecule has 0 heterocycles. The van der Waals surface area contributed by atoms with Crippen molar-refractivity contribution in [1.82, 2.24) is 0 Å². The molecule has 1 aliphatic carbocycles. The summed E-state index contributed by atoms with van der Waals surface area (Å²) in [5.41, 5.74) is -0.625. The fourth-order valence-corrected chi connectivity index (χ4v) is 2.20. The van der Waals surface area contributed by atoms with Crippen molar-refractivity contribution >= 4 is 5.78 Å². The Bertz CT molecular complexity index is 455. The van der Waals surface area contributed by atoms with Crippen molar-refractivity contribution in [2.75, 3.05) is 0 Å². The summed E-state index contributed by atoms with van der Waals surface area (Å²) in [4.78, 5) is 11.1. The fraction of sp³-hybridized carbons (Fsp3) is 0.462. The minimum atomic E-state index is -4.73. The zero-order valence-corrected chi connectivity index (χ0v) is 10.0. The van der Waals surface area contributed by atoms with E-state index in [9.17, 15) is 23.1 Å². The first-order valence-corrected chi connectivity index (χ1v) is 5.89. The van der Waals surface area contributed by atoms with Crippen molar-refractivity contribution < 1.29 is 27.8 Å². The van der Waals surface area contributed by atoms with Crippen LogP contribution >= 0.6 is 0 Å². The molecule has 2 rings (SSSR count). The Morgan fingerprint density at radius 2 is 1.63 bits per heavy atom. The zero-order valence-electron chi connectivity index (χ0n) is 10.0. The van der Waals surface area contributed by atoms with E-state index in [1.54, 1.807) is 0 Å². The lowest BCUT2D eigenvalue weighted by molar-refractivity contribution is -0.274. The van der Waals surface area contributed by atoms with Crippen molar-refractivity contribution in [2.45, 2.75) is 37.6 Å². The minimum absolute atomic E-state index is 0.0988. The van der Waals surface area contributed by atoms with E-state index < -0.39 is 12.0 Å². The summed E-state index contributed by atoms with van der Waals surface area (Å²) in [6, 6.07) is 5.13. The van der Waals surface area contributed by atoms with Gasteiger partial charge >= 0.3 is 6.36 Å². The number of ether oxygens (including phenoxy) is 1. The molecule has 6 heteroatoms. The van der Waals surface area contributed by atoms with Crippen LogP contribution < -0.4 is 4.74 Å². The second kappa shape index (κ2) is 4.85. The fourth-order valence-electron chi connectivity index (χ4n) is 2.20. The van der Waals surface area contributed by atoms with Gasteiger partial charge in [-0.2, -0.15) is 0 Å². The molecule has 104 valence electrons. The molecule has 1 N–H and O–H groups in total. The average molecular weight is 274 g/mol. The summed E-state index contributed by atoms with van der Waals surface area (Å²) in [5.74, 6) is -0.228. The molecule has 0 aliphatic heterocycles. The molecular formula is C13H13F3O3. The molecule has 1 aromatic rings. The molecule has 0 amide bonds. The highest BCUT2D eigenvalue weighted by atomic mass is 19.4. The van der Waals surface area contributed by atoms with Gasteiger partial charge in [0.05, 0.1) is 5.60 Å². The Hall–Kier alpha value is -1.56. The third-order valence-electron chi connectivity index (χ3n) is 3.26. The van der Waals surface area contributed by atoms with Gasteiger partial charge in [0, 0.05) is 12.8 Å². The number of carbonyl (C=O) groups excluding carboxylic acids is 1. The number of halogens is 3. The summed E-state index contributed by atoms with van der Waals surface area (Å²) in [6.07, 6.45) is -3.55. The second-order valence-corrected chi connectivity index (χ2v) is 4.64. The van der Waals surface area contributed by atoms with Crippen LogP contribution in [0.3, 0.4) is 0 Å². The van der Waals surface area contributed by atoms with E-state index >= 15 is 0 Å². The number of benzene rings is 1. The van der Waals surface area contributed by atoms with Crippen LogP contribution in [0.15, 0.2) is 24.3 Å². The highest BCUT2D eigenvalue weighted by molar-refractivity contribution is 5.79. The topological polar surface area (TPSA) is 46.5 Å². The van der Waals surface area contributed by atoms with E-state index in [0.29, 0.717) is 18.4 Å². The Morgan fingerprint density at radius 1 is 1.11 bits per heavy atom. The molecule has 3 nitrogen and oxygen atoms in total.